The van der Waals surface area contributed by atoms with Crippen molar-refractivity contribution in [2.24, 2.45) is 0 Å². The molecular formula is C15H7Cl3N2NaO2. The van der Waals surface area contributed by atoms with E-state index in [2.05, 4.69) is 9.97 Å². The van der Waals surface area contributed by atoms with Crippen LogP contribution in [0.1, 0.15) is 10.5 Å². The van der Waals surface area contributed by atoms with Gasteiger partial charge in [-0.15, -0.1) is 0 Å². The summed E-state index contributed by atoms with van der Waals surface area (Å²) < 4.78 is 0. The molecule has 8 heteroatoms. The van der Waals surface area contributed by atoms with Crippen LogP contribution in [0.25, 0.3) is 22.3 Å². The van der Waals surface area contributed by atoms with Crippen molar-refractivity contribution < 1.29 is 9.90 Å². The summed E-state index contributed by atoms with van der Waals surface area (Å²) in [5, 5.41) is 10.9. The van der Waals surface area contributed by atoms with E-state index in [1.54, 1.807) is 30.3 Å². The second-order valence-corrected chi connectivity index (χ2v) is 5.74. The Bertz CT molecular complexity index is 919. The minimum Gasteiger partial charge on any atom is -0.476 e. The van der Waals surface area contributed by atoms with Gasteiger partial charge in [-0.25, -0.2) is 14.8 Å². The van der Waals surface area contributed by atoms with Gasteiger partial charge in [0.05, 0.1) is 15.6 Å². The molecule has 1 aromatic heterocycles. The predicted octanol–water partition coefficient (Wildman–Crippen LogP) is 4.57. The average molecular weight is 377 g/mol. The minimum atomic E-state index is -1.16. The first-order chi connectivity index (χ1) is 10.5. The van der Waals surface area contributed by atoms with Crippen LogP contribution in [0.5, 0.6) is 0 Å². The number of carbonyl (C=O) groups is 1. The fourth-order valence-electron chi connectivity index (χ4n) is 2.03. The van der Waals surface area contributed by atoms with E-state index in [0.29, 0.717) is 31.5 Å². The standard InChI is InChI=1S/C15H7Cl3N2O2.Na/c16-8-2-4-12-9(6-8)13(15(21)22)20-14(19-12)7-1-3-10(17)11(18)5-7;/h1-6H,(H,21,22);. The van der Waals surface area contributed by atoms with Gasteiger partial charge in [0.2, 0.25) is 0 Å². The smallest absolute Gasteiger partial charge is 0.355 e. The van der Waals surface area contributed by atoms with Crippen molar-refractivity contribution in [2.45, 2.75) is 0 Å². The zero-order chi connectivity index (χ0) is 15.9. The molecule has 0 saturated heterocycles. The number of hydrogen-bond acceptors (Lipinski definition) is 3. The molecule has 0 spiro atoms. The SMILES string of the molecule is O=C(O)c1nc(-c2ccc(Cl)c(Cl)c2)nc2ccc(Cl)cc12.[Na]. The Morgan fingerprint density at radius 2 is 1.70 bits per heavy atom. The van der Waals surface area contributed by atoms with Crippen molar-refractivity contribution in [1.29, 1.82) is 0 Å². The van der Waals surface area contributed by atoms with E-state index in [1.807, 2.05) is 0 Å². The van der Waals surface area contributed by atoms with Gasteiger partial charge in [-0.1, -0.05) is 34.8 Å². The maximum atomic E-state index is 11.5. The molecule has 1 heterocycles. The van der Waals surface area contributed by atoms with Crippen LogP contribution < -0.4 is 0 Å². The second-order valence-electron chi connectivity index (χ2n) is 4.49. The molecule has 0 aliphatic carbocycles. The molecule has 0 saturated carbocycles. The fourth-order valence-corrected chi connectivity index (χ4v) is 2.50. The first-order valence-corrected chi connectivity index (χ1v) is 7.25. The van der Waals surface area contributed by atoms with Crippen LogP contribution in [0.4, 0.5) is 0 Å². The quantitative estimate of drug-likeness (QED) is 0.665. The van der Waals surface area contributed by atoms with Crippen molar-refractivity contribution in [1.82, 2.24) is 9.97 Å². The molecule has 0 fully saturated rings. The summed E-state index contributed by atoms with van der Waals surface area (Å²) >= 11 is 17.8. The first-order valence-electron chi connectivity index (χ1n) is 6.12. The van der Waals surface area contributed by atoms with Gasteiger partial charge >= 0.3 is 5.97 Å². The Hall–Kier alpha value is -0.880. The number of hydrogen-bond donors (Lipinski definition) is 1. The normalized spacial score (nSPS) is 10.4. The second kappa shape index (κ2) is 7.34. The molecule has 0 amide bonds. The fraction of sp³-hybridized carbons (Fsp3) is 0. The van der Waals surface area contributed by atoms with Crippen LogP contribution in [0.15, 0.2) is 36.4 Å². The van der Waals surface area contributed by atoms with E-state index < -0.39 is 5.97 Å². The molecule has 0 bridgehead atoms. The molecular weight excluding hydrogens is 370 g/mol. The molecule has 1 N–H and O–H groups in total. The van der Waals surface area contributed by atoms with Crippen LogP contribution >= 0.6 is 34.8 Å². The van der Waals surface area contributed by atoms with Gasteiger partial charge in [-0.3, -0.25) is 0 Å². The van der Waals surface area contributed by atoms with E-state index >= 15 is 0 Å². The third kappa shape index (κ3) is 3.79. The molecule has 111 valence electrons. The molecule has 0 unspecified atom stereocenters. The number of carboxylic acids is 1. The summed E-state index contributed by atoms with van der Waals surface area (Å²) in [6, 6.07) is 9.69. The summed E-state index contributed by atoms with van der Waals surface area (Å²) in [5.74, 6) is -0.901. The molecule has 4 nitrogen and oxygen atoms in total. The van der Waals surface area contributed by atoms with Gasteiger partial charge in [0.1, 0.15) is 0 Å². The number of benzene rings is 2. The van der Waals surface area contributed by atoms with Crippen molar-refractivity contribution >= 4 is 81.2 Å². The largest absolute Gasteiger partial charge is 0.476 e. The molecule has 2 aromatic carbocycles. The Morgan fingerprint density at radius 3 is 2.35 bits per heavy atom. The van der Waals surface area contributed by atoms with Crippen LogP contribution in [0.3, 0.4) is 0 Å². The average Bonchev–Trinajstić information content (AvgIpc) is 2.48. The summed E-state index contributed by atoms with van der Waals surface area (Å²) in [5.41, 5.74) is 0.945. The summed E-state index contributed by atoms with van der Waals surface area (Å²) in [6.45, 7) is 0. The molecule has 0 aliphatic rings. The number of carboxylic acid groups (broad SMARTS) is 1. The minimum absolute atomic E-state index is 0. The number of aromatic nitrogens is 2. The van der Waals surface area contributed by atoms with Crippen molar-refractivity contribution in [3.63, 3.8) is 0 Å². The molecule has 3 aromatic rings. The number of halogens is 3. The van der Waals surface area contributed by atoms with Crippen molar-refractivity contribution in [2.75, 3.05) is 0 Å². The van der Waals surface area contributed by atoms with Gasteiger partial charge in [0.15, 0.2) is 11.5 Å². The van der Waals surface area contributed by atoms with Gasteiger partial charge in [0.25, 0.3) is 0 Å². The van der Waals surface area contributed by atoms with Crippen LogP contribution in [0.2, 0.25) is 15.1 Å². The molecule has 23 heavy (non-hydrogen) atoms. The van der Waals surface area contributed by atoms with E-state index in [9.17, 15) is 9.90 Å². The first kappa shape index (κ1) is 18.5. The van der Waals surface area contributed by atoms with Gasteiger partial charge in [-0.2, -0.15) is 0 Å². The molecule has 1 radical (unpaired) electrons. The summed E-state index contributed by atoms with van der Waals surface area (Å²) in [7, 11) is 0. The van der Waals surface area contributed by atoms with Crippen LogP contribution in [-0.4, -0.2) is 50.6 Å². The summed E-state index contributed by atoms with van der Waals surface area (Å²) in [6.07, 6.45) is 0. The Labute approximate surface area is 168 Å². The number of aromatic carboxylic acids is 1. The van der Waals surface area contributed by atoms with E-state index in [4.69, 9.17) is 34.8 Å². The monoisotopic (exact) mass is 375 g/mol. The zero-order valence-corrected chi connectivity index (χ0v) is 16.1. The number of rotatable bonds is 2. The van der Waals surface area contributed by atoms with Gasteiger partial charge < -0.3 is 5.11 Å². The van der Waals surface area contributed by atoms with Gasteiger partial charge in [-0.05, 0) is 36.4 Å². The van der Waals surface area contributed by atoms with Gasteiger partial charge in [0, 0.05) is 45.5 Å². The Balaban J connectivity index is 0.00000192. The van der Waals surface area contributed by atoms with E-state index in [-0.39, 0.29) is 41.1 Å². The van der Waals surface area contributed by atoms with Crippen LogP contribution in [0, 0.1) is 0 Å². The van der Waals surface area contributed by atoms with Crippen molar-refractivity contribution in [3.05, 3.63) is 57.2 Å². The third-order valence-corrected chi connectivity index (χ3v) is 4.01. The molecule has 0 aliphatic heterocycles. The maximum Gasteiger partial charge on any atom is 0.355 e. The number of fused-ring (bicyclic) bond motifs is 1. The Kier molecular flexibility index (Phi) is 5.89. The topological polar surface area (TPSA) is 63.1 Å². The number of nitrogens with zero attached hydrogens (tertiary/aromatic N) is 2. The molecule has 0 atom stereocenters. The van der Waals surface area contributed by atoms with Crippen molar-refractivity contribution in [3.8, 4) is 11.4 Å². The summed E-state index contributed by atoms with van der Waals surface area (Å²) in [4.78, 5) is 19.9. The van der Waals surface area contributed by atoms with Crippen LogP contribution in [-0.2, 0) is 0 Å². The zero-order valence-electron chi connectivity index (χ0n) is 11.8. The maximum absolute atomic E-state index is 11.5. The Morgan fingerprint density at radius 1 is 0.957 bits per heavy atom. The third-order valence-electron chi connectivity index (χ3n) is 3.04. The predicted molar refractivity (Wildman–Crippen MR) is 92.7 cm³/mol. The molecule has 3 rings (SSSR count). The van der Waals surface area contributed by atoms with E-state index in [1.165, 1.54) is 6.07 Å². The van der Waals surface area contributed by atoms with E-state index in [0.717, 1.165) is 0 Å².